The summed E-state index contributed by atoms with van der Waals surface area (Å²) < 4.78 is 6.35. The summed E-state index contributed by atoms with van der Waals surface area (Å²) in [7, 11) is 0. The number of nitrogens with one attached hydrogen (secondary N) is 2. The van der Waals surface area contributed by atoms with Gasteiger partial charge in [-0.05, 0) is 97.4 Å². The number of benzene rings is 2. The van der Waals surface area contributed by atoms with Crippen molar-refractivity contribution in [1.82, 2.24) is 10.3 Å². The minimum absolute atomic E-state index is 0.0140. The Bertz CT molecular complexity index is 1740. The number of rotatable bonds is 12. The normalized spacial score (nSPS) is 26.5. The first-order chi connectivity index (χ1) is 25.3. The van der Waals surface area contributed by atoms with Gasteiger partial charge in [-0.1, -0.05) is 86.2 Å². The summed E-state index contributed by atoms with van der Waals surface area (Å²) in [5.74, 6) is 7.79. The van der Waals surface area contributed by atoms with Crippen LogP contribution in [0.2, 0.25) is 0 Å². The number of aromatic amines is 1. The number of fused-ring (bicyclic) bond motifs is 1. The van der Waals surface area contributed by atoms with Crippen molar-refractivity contribution in [2.24, 2.45) is 35.3 Å². The number of aliphatic hydroxyl groups is 3. The molecule has 0 spiro atoms. The zero-order valence-corrected chi connectivity index (χ0v) is 30.2. The standard InChI is InChI=1S/C44H55N3O5/c1-29(22-30-8-3-2-4-9-30)31-10-5-6-12-40(50)44-32(14-13-31)15-16-33(25-41(44)51)34-17-18-39(49)42(26-34)52-38(28-48)24-36(23-37-11-7-20-46-37)35-19-21-47-43(45)27-35/h2-4,7-9,11,15-20,26-27,29,31-33,36,38,40-41,44,46-51H,5-6,10,12,21-25,28,45H2,1H3/t29-,31-,32-,33+,36+,38+,40+,41-,44-/m1/s1. The third-order valence-corrected chi connectivity index (χ3v) is 11.2. The highest BCUT2D eigenvalue weighted by Crippen LogP contribution is 2.39. The largest absolute Gasteiger partial charge is 0.504 e. The van der Waals surface area contributed by atoms with Crippen molar-refractivity contribution in [1.29, 1.82) is 0 Å². The summed E-state index contributed by atoms with van der Waals surface area (Å²) in [6, 6.07) is 19.8. The molecular formula is C44H55N3O5. The lowest BCUT2D eigenvalue weighted by Crippen LogP contribution is -2.37. The zero-order chi connectivity index (χ0) is 36.5. The van der Waals surface area contributed by atoms with E-state index in [2.05, 4.69) is 71.6 Å². The first-order valence-corrected chi connectivity index (χ1v) is 19.0. The third kappa shape index (κ3) is 9.71. The van der Waals surface area contributed by atoms with Crippen LogP contribution in [0.15, 0.2) is 103 Å². The molecule has 276 valence electrons. The van der Waals surface area contributed by atoms with E-state index < -0.39 is 24.2 Å². The Hall–Kier alpha value is -4.42. The molecule has 8 heteroatoms. The predicted octanol–water partition coefficient (Wildman–Crippen LogP) is 6.11. The molecule has 3 aromatic rings. The van der Waals surface area contributed by atoms with Crippen molar-refractivity contribution in [3.05, 3.63) is 119 Å². The van der Waals surface area contributed by atoms with Gasteiger partial charge in [-0.15, -0.1) is 0 Å². The number of hydrogen-bond acceptors (Lipinski definition) is 7. The molecular weight excluding hydrogens is 651 g/mol. The SMILES string of the molecule is C[C@H](Cc1ccccc1)[C@H]1C#C[C@@H]2C=C[C@H](c3ccc(O)c(O[C@H](CO)C[C@H](Cc4ccc[nH]4)C4=CCNC(N)=C4)c3)C[C@@H](O)[C@H]2[C@@H](O)CCCC1. The number of hydrogen-bond donors (Lipinski definition) is 7. The van der Waals surface area contributed by atoms with Crippen LogP contribution in [0.1, 0.15) is 68.2 Å². The molecule has 3 aliphatic rings. The van der Waals surface area contributed by atoms with Gasteiger partial charge in [-0.25, -0.2) is 0 Å². The number of phenols is 1. The Morgan fingerprint density at radius 3 is 2.56 bits per heavy atom. The second kappa shape index (κ2) is 17.9. The van der Waals surface area contributed by atoms with Crippen molar-refractivity contribution in [3.63, 3.8) is 0 Å². The minimum atomic E-state index is -0.773. The van der Waals surface area contributed by atoms with Gasteiger partial charge in [0.25, 0.3) is 0 Å². The molecule has 2 heterocycles. The number of aromatic nitrogens is 1. The van der Waals surface area contributed by atoms with E-state index in [1.807, 2.05) is 42.6 Å². The van der Waals surface area contributed by atoms with Gasteiger partial charge in [-0.3, -0.25) is 0 Å². The van der Waals surface area contributed by atoms with Crippen LogP contribution < -0.4 is 15.8 Å². The monoisotopic (exact) mass is 705 g/mol. The van der Waals surface area contributed by atoms with Crippen LogP contribution in [0.4, 0.5) is 0 Å². The molecule has 0 fully saturated rings. The number of H-pyrrole nitrogens is 1. The van der Waals surface area contributed by atoms with Crippen LogP contribution in [0.5, 0.6) is 11.5 Å². The minimum Gasteiger partial charge on any atom is -0.504 e. The van der Waals surface area contributed by atoms with E-state index in [0.29, 0.717) is 44.0 Å². The highest BCUT2D eigenvalue weighted by Gasteiger charge is 2.36. The summed E-state index contributed by atoms with van der Waals surface area (Å²) in [5, 5.41) is 47.6. The number of allylic oxidation sites excluding steroid dienone is 4. The molecule has 2 aromatic carbocycles. The van der Waals surface area contributed by atoms with E-state index in [-0.39, 0.29) is 41.8 Å². The summed E-state index contributed by atoms with van der Waals surface area (Å²) in [6.45, 7) is 2.68. The molecule has 0 amide bonds. The van der Waals surface area contributed by atoms with E-state index in [1.165, 1.54) is 5.56 Å². The predicted molar refractivity (Wildman–Crippen MR) is 205 cm³/mol. The van der Waals surface area contributed by atoms with Crippen LogP contribution in [-0.2, 0) is 12.8 Å². The van der Waals surface area contributed by atoms with Gasteiger partial charge in [0.05, 0.1) is 24.6 Å². The molecule has 0 unspecified atom stereocenters. The maximum absolute atomic E-state index is 11.7. The van der Waals surface area contributed by atoms with E-state index in [4.69, 9.17) is 10.5 Å². The number of nitrogens with two attached hydrogens (primary N) is 1. The first kappa shape index (κ1) is 37.3. The lowest BCUT2D eigenvalue weighted by atomic mass is 9.78. The Morgan fingerprint density at radius 2 is 1.79 bits per heavy atom. The third-order valence-electron chi connectivity index (χ3n) is 11.2. The van der Waals surface area contributed by atoms with E-state index in [0.717, 1.165) is 42.5 Å². The highest BCUT2D eigenvalue weighted by atomic mass is 16.5. The van der Waals surface area contributed by atoms with Gasteiger partial charge in [0.15, 0.2) is 11.5 Å². The molecule has 0 saturated carbocycles. The number of ether oxygens (including phenoxy) is 1. The number of aromatic hydroxyl groups is 1. The van der Waals surface area contributed by atoms with Gasteiger partial charge in [0, 0.05) is 42.1 Å². The number of phenolic OH excluding ortho intramolecular Hbond substituents is 1. The molecule has 6 rings (SSSR count). The van der Waals surface area contributed by atoms with Gasteiger partial charge in [-0.2, -0.15) is 0 Å². The first-order valence-electron chi connectivity index (χ1n) is 19.0. The molecule has 0 saturated heterocycles. The Balaban J connectivity index is 1.20. The fourth-order valence-corrected chi connectivity index (χ4v) is 8.22. The molecule has 0 radical (unpaired) electrons. The molecule has 1 aliphatic heterocycles. The van der Waals surface area contributed by atoms with E-state index in [1.54, 1.807) is 6.07 Å². The fourth-order valence-electron chi connectivity index (χ4n) is 8.22. The molecule has 2 aliphatic carbocycles. The topological polar surface area (TPSA) is 144 Å². The van der Waals surface area contributed by atoms with Crippen molar-refractivity contribution in [2.45, 2.75) is 82.5 Å². The van der Waals surface area contributed by atoms with Crippen LogP contribution in [0.25, 0.3) is 0 Å². The maximum atomic E-state index is 11.7. The van der Waals surface area contributed by atoms with Crippen LogP contribution in [0, 0.1) is 41.4 Å². The summed E-state index contributed by atoms with van der Waals surface area (Å²) in [4.78, 5) is 3.28. The van der Waals surface area contributed by atoms with Gasteiger partial charge < -0.3 is 41.2 Å². The van der Waals surface area contributed by atoms with E-state index >= 15 is 0 Å². The summed E-state index contributed by atoms with van der Waals surface area (Å²) in [6.07, 6.45) is 14.2. The fraction of sp³-hybridized carbons (Fsp3) is 0.455. The van der Waals surface area contributed by atoms with Gasteiger partial charge >= 0.3 is 0 Å². The molecule has 0 bridgehead atoms. The molecule has 8 N–H and O–H groups in total. The Labute approximate surface area is 308 Å². The Morgan fingerprint density at radius 1 is 0.962 bits per heavy atom. The highest BCUT2D eigenvalue weighted by molar-refractivity contribution is 5.44. The Kier molecular flexibility index (Phi) is 12.8. The lowest BCUT2D eigenvalue weighted by molar-refractivity contribution is -0.00713. The second-order valence-corrected chi connectivity index (χ2v) is 15.0. The lowest BCUT2D eigenvalue weighted by Gasteiger charge is -2.31. The quantitative estimate of drug-likeness (QED) is 0.0891. The van der Waals surface area contributed by atoms with Crippen molar-refractivity contribution >= 4 is 0 Å². The van der Waals surface area contributed by atoms with Crippen molar-refractivity contribution in [2.75, 3.05) is 13.2 Å². The second-order valence-electron chi connectivity index (χ2n) is 15.0. The van der Waals surface area contributed by atoms with Crippen molar-refractivity contribution < 1.29 is 25.2 Å². The summed E-state index contributed by atoms with van der Waals surface area (Å²) in [5.41, 5.74) is 10.4. The number of dihydropyridines is 1. The summed E-state index contributed by atoms with van der Waals surface area (Å²) >= 11 is 0. The average molecular weight is 706 g/mol. The van der Waals surface area contributed by atoms with Crippen LogP contribution >= 0.6 is 0 Å². The molecule has 52 heavy (non-hydrogen) atoms. The maximum Gasteiger partial charge on any atom is 0.161 e. The molecule has 1 aromatic heterocycles. The van der Waals surface area contributed by atoms with Crippen molar-refractivity contribution in [3.8, 4) is 23.3 Å². The smallest absolute Gasteiger partial charge is 0.161 e. The molecule has 9 atom stereocenters. The zero-order valence-electron chi connectivity index (χ0n) is 30.2. The van der Waals surface area contributed by atoms with Gasteiger partial charge in [0.1, 0.15) is 6.10 Å². The van der Waals surface area contributed by atoms with Crippen LogP contribution in [-0.4, -0.2) is 56.9 Å². The number of aliphatic hydroxyl groups excluding tert-OH is 3. The molecule has 8 nitrogen and oxygen atoms in total. The van der Waals surface area contributed by atoms with Gasteiger partial charge in [0.2, 0.25) is 0 Å². The van der Waals surface area contributed by atoms with E-state index in [9.17, 15) is 20.4 Å². The van der Waals surface area contributed by atoms with Crippen LogP contribution in [0.3, 0.4) is 0 Å². The average Bonchev–Trinajstić information content (AvgIpc) is 3.60.